The van der Waals surface area contributed by atoms with Crippen molar-refractivity contribution in [3.63, 3.8) is 0 Å². The van der Waals surface area contributed by atoms with Gasteiger partial charge in [0.15, 0.2) is 0 Å². The van der Waals surface area contributed by atoms with Crippen molar-refractivity contribution in [3.05, 3.63) is 95.1 Å². The van der Waals surface area contributed by atoms with E-state index in [4.69, 9.17) is 0 Å². The molecule has 0 atom stereocenters. The Balaban J connectivity index is 1.96. The van der Waals surface area contributed by atoms with Gasteiger partial charge in [-0.3, -0.25) is 0 Å². The van der Waals surface area contributed by atoms with Crippen molar-refractivity contribution in [2.45, 2.75) is 26.2 Å². The maximum atomic E-state index is 2.38. The van der Waals surface area contributed by atoms with Crippen LogP contribution in [0.15, 0.2) is 72.8 Å². The highest BCUT2D eigenvalue weighted by Gasteiger charge is 2.25. The second-order valence-corrected chi connectivity index (χ2v) is 7.52. The van der Waals surface area contributed by atoms with E-state index in [9.17, 15) is 0 Å². The first-order valence-electron chi connectivity index (χ1n) is 8.55. The summed E-state index contributed by atoms with van der Waals surface area (Å²) in [5.74, 6) is 0. The minimum atomic E-state index is 0.154. The lowest BCUT2D eigenvalue weighted by Crippen LogP contribution is -2.11. The number of benzene rings is 3. The van der Waals surface area contributed by atoms with Crippen molar-refractivity contribution in [2.24, 2.45) is 0 Å². The van der Waals surface area contributed by atoms with Gasteiger partial charge >= 0.3 is 0 Å². The summed E-state index contributed by atoms with van der Waals surface area (Å²) in [5, 5.41) is 0. The largest absolute Gasteiger partial charge is 0.0622 e. The molecule has 0 saturated carbocycles. The van der Waals surface area contributed by atoms with Gasteiger partial charge in [0.05, 0.1) is 0 Å². The quantitative estimate of drug-likeness (QED) is 0.374. The van der Waals surface area contributed by atoms with Gasteiger partial charge < -0.3 is 0 Å². The first-order chi connectivity index (χ1) is 11.5. The maximum absolute atomic E-state index is 2.38. The van der Waals surface area contributed by atoms with Crippen LogP contribution in [0, 0.1) is 0 Å². The summed E-state index contributed by atoms with van der Waals surface area (Å²) in [4.78, 5) is 0. The summed E-state index contributed by atoms with van der Waals surface area (Å²) in [6.45, 7) is 6.83. The van der Waals surface area contributed by atoms with Crippen LogP contribution in [0.4, 0.5) is 0 Å². The molecule has 0 nitrogen and oxygen atoms in total. The van der Waals surface area contributed by atoms with Crippen LogP contribution in [0.1, 0.15) is 43.0 Å². The zero-order valence-electron chi connectivity index (χ0n) is 14.5. The number of fused-ring (bicyclic) bond motifs is 3. The zero-order valence-corrected chi connectivity index (χ0v) is 14.5. The summed E-state index contributed by atoms with van der Waals surface area (Å²) in [5.41, 5.74) is 9.50. The van der Waals surface area contributed by atoms with Crippen LogP contribution in [0.25, 0.3) is 22.8 Å². The molecule has 24 heavy (non-hydrogen) atoms. The third-order valence-electron chi connectivity index (χ3n) is 4.79. The highest BCUT2D eigenvalue weighted by molar-refractivity contribution is 6.06. The molecular formula is C24H22. The fraction of sp³-hybridized carbons (Fsp3) is 0.167. The van der Waals surface area contributed by atoms with Gasteiger partial charge in [-0.15, -0.1) is 0 Å². The summed E-state index contributed by atoms with van der Waals surface area (Å²) >= 11 is 0. The molecule has 0 aromatic heterocycles. The van der Waals surface area contributed by atoms with Gasteiger partial charge in [0.2, 0.25) is 0 Å². The van der Waals surface area contributed by atoms with E-state index in [1.54, 1.807) is 0 Å². The third-order valence-corrected chi connectivity index (χ3v) is 4.79. The summed E-state index contributed by atoms with van der Waals surface area (Å²) in [7, 11) is 0. The zero-order chi connectivity index (χ0) is 16.7. The molecule has 0 N–H and O–H groups in total. The molecule has 3 aromatic carbocycles. The standard InChI is InChI=1S/C24H22/c1-24(2,3)18-13-14-21-19-11-7-8-12-20(19)22(23(21)16-18)15-17-9-5-4-6-10-17/h4-16H,1-3H3/b22-15-. The lowest BCUT2D eigenvalue weighted by atomic mass is 9.85. The number of hydrogen-bond acceptors (Lipinski definition) is 0. The first-order valence-corrected chi connectivity index (χ1v) is 8.55. The van der Waals surface area contributed by atoms with E-state index in [2.05, 4.69) is 99.6 Å². The molecule has 0 bridgehead atoms. The maximum Gasteiger partial charge on any atom is -0.00929 e. The molecule has 0 radical (unpaired) electrons. The topological polar surface area (TPSA) is 0 Å². The van der Waals surface area contributed by atoms with E-state index < -0.39 is 0 Å². The third kappa shape index (κ3) is 2.49. The molecule has 0 amide bonds. The van der Waals surface area contributed by atoms with Crippen LogP contribution in [0.3, 0.4) is 0 Å². The second kappa shape index (κ2) is 5.49. The molecule has 0 heteroatoms. The van der Waals surface area contributed by atoms with E-state index in [0.29, 0.717) is 0 Å². The van der Waals surface area contributed by atoms with Crippen molar-refractivity contribution < 1.29 is 0 Å². The van der Waals surface area contributed by atoms with Gasteiger partial charge in [0.1, 0.15) is 0 Å². The van der Waals surface area contributed by atoms with Gasteiger partial charge in [-0.05, 0) is 56.5 Å². The summed E-state index contributed by atoms with van der Waals surface area (Å²) in [6, 6.07) is 26.3. The van der Waals surface area contributed by atoms with Crippen LogP contribution in [-0.2, 0) is 5.41 Å². The lowest BCUT2D eigenvalue weighted by molar-refractivity contribution is 0.590. The molecule has 118 valence electrons. The Kier molecular flexibility index (Phi) is 3.42. The SMILES string of the molecule is CC(C)(C)c1ccc2c(c1)/C(=C\c1ccccc1)c1ccccc1-2. The normalized spacial score (nSPS) is 14.5. The molecule has 0 fully saturated rings. The van der Waals surface area contributed by atoms with Crippen molar-refractivity contribution in [2.75, 3.05) is 0 Å². The Morgan fingerprint density at radius 1 is 0.625 bits per heavy atom. The monoisotopic (exact) mass is 310 g/mol. The fourth-order valence-corrected chi connectivity index (χ4v) is 3.44. The molecule has 1 aliphatic rings. The van der Waals surface area contributed by atoms with E-state index >= 15 is 0 Å². The molecule has 0 saturated heterocycles. The molecule has 3 aromatic rings. The highest BCUT2D eigenvalue weighted by Crippen LogP contribution is 2.46. The van der Waals surface area contributed by atoms with Crippen LogP contribution in [0.5, 0.6) is 0 Å². The first kappa shape index (κ1) is 15.0. The van der Waals surface area contributed by atoms with Gasteiger partial charge in [0, 0.05) is 0 Å². The predicted molar refractivity (Wildman–Crippen MR) is 104 cm³/mol. The van der Waals surface area contributed by atoms with E-state index in [1.807, 2.05) is 0 Å². The van der Waals surface area contributed by atoms with Gasteiger partial charge in [-0.2, -0.15) is 0 Å². The lowest BCUT2D eigenvalue weighted by Gasteiger charge is -2.20. The van der Waals surface area contributed by atoms with Gasteiger partial charge in [-0.1, -0.05) is 87.5 Å². The molecule has 1 aliphatic carbocycles. The fourth-order valence-electron chi connectivity index (χ4n) is 3.44. The Labute approximate surface area is 144 Å². The van der Waals surface area contributed by atoms with Crippen LogP contribution in [-0.4, -0.2) is 0 Å². The highest BCUT2D eigenvalue weighted by atomic mass is 14.3. The van der Waals surface area contributed by atoms with Crippen molar-refractivity contribution in [1.29, 1.82) is 0 Å². The number of rotatable bonds is 1. The molecule has 0 aliphatic heterocycles. The van der Waals surface area contributed by atoms with Crippen molar-refractivity contribution in [1.82, 2.24) is 0 Å². The smallest absolute Gasteiger partial charge is 0.00929 e. The second-order valence-electron chi connectivity index (χ2n) is 7.52. The van der Waals surface area contributed by atoms with Crippen molar-refractivity contribution in [3.8, 4) is 11.1 Å². The summed E-state index contributed by atoms with van der Waals surface area (Å²) in [6.07, 6.45) is 2.32. The minimum absolute atomic E-state index is 0.154. The van der Waals surface area contributed by atoms with Crippen LogP contribution >= 0.6 is 0 Å². The van der Waals surface area contributed by atoms with E-state index in [-0.39, 0.29) is 5.41 Å². The van der Waals surface area contributed by atoms with Crippen LogP contribution < -0.4 is 0 Å². The number of hydrogen-bond donors (Lipinski definition) is 0. The Bertz CT molecular complexity index is 922. The van der Waals surface area contributed by atoms with Crippen molar-refractivity contribution >= 4 is 11.6 Å². The Morgan fingerprint density at radius 2 is 1.25 bits per heavy atom. The Hall–Kier alpha value is -2.60. The van der Waals surface area contributed by atoms with Gasteiger partial charge in [-0.25, -0.2) is 0 Å². The van der Waals surface area contributed by atoms with E-state index in [0.717, 1.165) is 0 Å². The molecule has 0 heterocycles. The summed E-state index contributed by atoms with van der Waals surface area (Å²) < 4.78 is 0. The average molecular weight is 310 g/mol. The molecule has 0 spiro atoms. The molecular weight excluding hydrogens is 288 g/mol. The molecule has 0 unspecified atom stereocenters. The Morgan fingerprint density at radius 3 is 1.96 bits per heavy atom. The van der Waals surface area contributed by atoms with E-state index in [1.165, 1.54) is 39.0 Å². The average Bonchev–Trinajstić information content (AvgIpc) is 2.89. The van der Waals surface area contributed by atoms with Crippen LogP contribution in [0.2, 0.25) is 0 Å². The predicted octanol–water partition coefficient (Wildman–Crippen LogP) is 6.55. The van der Waals surface area contributed by atoms with Gasteiger partial charge in [0.25, 0.3) is 0 Å². The molecule has 4 rings (SSSR count). The minimum Gasteiger partial charge on any atom is -0.0622 e.